The average molecular weight is 445 g/mol. The van der Waals surface area contributed by atoms with E-state index in [9.17, 15) is 0 Å². The van der Waals surface area contributed by atoms with E-state index in [0.717, 1.165) is 24.6 Å². The molecule has 2 N–H and O–H groups in total. The molecule has 1 saturated heterocycles. The summed E-state index contributed by atoms with van der Waals surface area (Å²) < 4.78 is 10.9. The molecule has 5 nitrogen and oxygen atoms in total. The van der Waals surface area contributed by atoms with E-state index in [1.165, 1.54) is 18.4 Å². The first kappa shape index (κ1) is 19.1. The maximum atomic E-state index is 6.22. The van der Waals surface area contributed by atoms with Crippen LogP contribution in [0.1, 0.15) is 39.2 Å². The van der Waals surface area contributed by atoms with Gasteiger partial charge in [0.1, 0.15) is 0 Å². The second-order valence-electron chi connectivity index (χ2n) is 7.32. The van der Waals surface area contributed by atoms with Gasteiger partial charge >= 0.3 is 0 Å². The van der Waals surface area contributed by atoms with Crippen molar-refractivity contribution in [2.24, 2.45) is 16.6 Å². The van der Waals surface area contributed by atoms with Crippen LogP contribution in [0.3, 0.4) is 0 Å². The molecule has 24 heavy (non-hydrogen) atoms. The fourth-order valence-electron chi connectivity index (χ4n) is 3.18. The Morgan fingerprint density at radius 3 is 2.83 bits per heavy atom. The summed E-state index contributed by atoms with van der Waals surface area (Å²) in [5.74, 6) is 3.00. The van der Waals surface area contributed by atoms with E-state index in [1.807, 2.05) is 6.07 Å². The highest BCUT2D eigenvalue weighted by Crippen LogP contribution is 2.36. The fraction of sp³-hybridized carbons (Fsp3) is 0.611. The first-order valence-corrected chi connectivity index (χ1v) is 8.41. The predicted molar refractivity (Wildman–Crippen MR) is 107 cm³/mol. The zero-order valence-electron chi connectivity index (χ0n) is 14.7. The summed E-state index contributed by atoms with van der Waals surface area (Å²) in [6.45, 7) is 9.63. The van der Waals surface area contributed by atoms with Gasteiger partial charge in [-0.3, -0.25) is 4.99 Å². The molecule has 1 fully saturated rings. The lowest BCUT2D eigenvalue weighted by molar-refractivity contribution is 0.174. The maximum Gasteiger partial charge on any atom is 0.231 e. The lowest BCUT2D eigenvalue weighted by Crippen LogP contribution is -2.44. The Bertz CT molecular complexity index is 604. The minimum atomic E-state index is -0.104. The predicted octanol–water partition coefficient (Wildman–Crippen LogP) is 3.36. The van der Waals surface area contributed by atoms with Crippen LogP contribution in [0.25, 0.3) is 0 Å². The molecule has 1 aromatic rings. The number of hydrogen-bond donors (Lipinski definition) is 1. The number of piperidine rings is 1. The van der Waals surface area contributed by atoms with E-state index < -0.39 is 0 Å². The van der Waals surface area contributed by atoms with Crippen molar-refractivity contribution in [3.8, 4) is 11.5 Å². The SMILES string of the molecule is CC1CCCN(C(N)=NCC(C)(C)c2ccc3c(c2)OCO3)C1.I. The zero-order chi connectivity index (χ0) is 16.4. The lowest BCUT2D eigenvalue weighted by atomic mass is 9.84. The topological polar surface area (TPSA) is 60.1 Å². The minimum absolute atomic E-state index is 0. The smallest absolute Gasteiger partial charge is 0.231 e. The molecule has 0 aliphatic carbocycles. The van der Waals surface area contributed by atoms with Gasteiger partial charge in [0.15, 0.2) is 17.5 Å². The molecule has 0 saturated carbocycles. The number of nitrogens with two attached hydrogens (primary N) is 1. The third-order valence-electron chi connectivity index (χ3n) is 4.77. The Balaban J connectivity index is 0.00000208. The number of hydrogen-bond acceptors (Lipinski definition) is 3. The highest BCUT2D eigenvalue weighted by molar-refractivity contribution is 14.0. The third kappa shape index (κ3) is 4.26. The summed E-state index contributed by atoms with van der Waals surface area (Å²) in [7, 11) is 0. The summed E-state index contributed by atoms with van der Waals surface area (Å²) >= 11 is 0. The summed E-state index contributed by atoms with van der Waals surface area (Å²) in [5.41, 5.74) is 7.30. The molecule has 134 valence electrons. The van der Waals surface area contributed by atoms with Crippen LogP contribution in [0, 0.1) is 5.92 Å². The molecular weight excluding hydrogens is 417 g/mol. The van der Waals surface area contributed by atoms with Gasteiger partial charge in [0.05, 0.1) is 6.54 Å². The van der Waals surface area contributed by atoms with Gasteiger partial charge in [-0.05, 0) is 36.5 Å². The number of ether oxygens (including phenoxy) is 2. The zero-order valence-corrected chi connectivity index (χ0v) is 17.1. The standard InChI is InChI=1S/C18H27N3O2.HI/c1-13-5-4-8-21(10-13)17(19)20-11-18(2,3)14-6-7-15-16(9-14)23-12-22-15;/h6-7,9,13H,4-5,8,10-12H2,1-3H3,(H2,19,20);1H. The van der Waals surface area contributed by atoms with E-state index in [0.29, 0.717) is 25.2 Å². The molecule has 6 heteroatoms. The van der Waals surface area contributed by atoms with Crippen LogP contribution < -0.4 is 15.2 Å². The molecule has 3 rings (SSSR count). The Kier molecular flexibility index (Phi) is 6.22. The number of rotatable bonds is 3. The molecule has 1 unspecified atom stereocenters. The van der Waals surface area contributed by atoms with Crippen molar-refractivity contribution >= 4 is 29.9 Å². The number of halogens is 1. The van der Waals surface area contributed by atoms with E-state index in [-0.39, 0.29) is 29.4 Å². The Morgan fingerprint density at radius 2 is 2.08 bits per heavy atom. The van der Waals surface area contributed by atoms with Crippen molar-refractivity contribution in [2.45, 2.75) is 39.0 Å². The van der Waals surface area contributed by atoms with Crippen molar-refractivity contribution < 1.29 is 9.47 Å². The Morgan fingerprint density at radius 1 is 1.33 bits per heavy atom. The number of guanidine groups is 1. The first-order valence-electron chi connectivity index (χ1n) is 8.41. The molecule has 0 amide bonds. The second kappa shape index (κ2) is 7.80. The number of likely N-dealkylation sites (tertiary alicyclic amines) is 1. The maximum absolute atomic E-state index is 6.22. The summed E-state index contributed by atoms with van der Waals surface area (Å²) in [5, 5.41) is 0. The van der Waals surface area contributed by atoms with Gasteiger partial charge in [-0.15, -0.1) is 24.0 Å². The molecule has 0 bridgehead atoms. The monoisotopic (exact) mass is 445 g/mol. The van der Waals surface area contributed by atoms with Gasteiger partial charge < -0.3 is 20.1 Å². The Hall–Kier alpha value is -1.18. The molecule has 0 spiro atoms. The van der Waals surface area contributed by atoms with Crippen LogP contribution in [-0.2, 0) is 5.41 Å². The average Bonchev–Trinajstić information content (AvgIpc) is 3.00. The molecule has 0 radical (unpaired) electrons. The summed E-state index contributed by atoms with van der Waals surface area (Å²) in [6, 6.07) is 6.11. The van der Waals surface area contributed by atoms with Gasteiger partial charge in [-0.2, -0.15) is 0 Å². The van der Waals surface area contributed by atoms with Crippen molar-refractivity contribution in [1.82, 2.24) is 4.90 Å². The third-order valence-corrected chi connectivity index (χ3v) is 4.77. The van der Waals surface area contributed by atoms with Crippen molar-refractivity contribution in [3.05, 3.63) is 23.8 Å². The quantitative estimate of drug-likeness (QED) is 0.441. The molecule has 0 aromatic heterocycles. The van der Waals surface area contributed by atoms with Gasteiger partial charge in [-0.1, -0.05) is 26.8 Å². The molecular formula is C18H28IN3O2. The van der Waals surface area contributed by atoms with Crippen LogP contribution in [0.15, 0.2) is 23.2 Å². The molecule has 2 heterocycles. The number of nitrogens with zero attached hydrogens (tertiary/aromatic N) is 2. The van der Waals surface area contributed by atoms with Crippen molar-refractivity contribution in [1.29, 1.82) is 0 Å². The van der Waals surface area contributed by atoms with Crippen LogP contribution in [0.5, 0.6) is 11.5 Å². The van der Waals surface area contributed by atoms with E-state index >= 15 is 0 Å². The van der Waals surface area contributed by atoms with Crippen LogP contribution in [0.2, 0.25) is 0 Å². The number of aliphatic imine (C=N–C) groups is 1. The van der Waals surface area contributed by atoms with Gasteiger partial charge in [0, 0.05) is 18.5 Å². The van der Waals surface area contributed by atoms with Crippen LogP contribution in [0.4, 0.5) is 0 Å². The second-order valence-corrected chi connectivity index (χ2v) is 7.32. The van der Waals surface area contributed by atoms with E-state index in [4.69, 9.17) is 15.2 Å². The number of benzene rings is 1. The van der Waals surface area contributed by atoms with Crippen molar-refractivity contribution in [2.75, 3.05) is 26.4 Å². The normalized spacial score (nSPS) is 20.7. The number of fused-ring (bicyclic) bond motifs is 1. The van der Waals surface area contributed by atoms with Crippen LogP contribution >= 0.6 is 24.0 Å². The van der Waals surface area contributed by atoms with E-state index in [2.05, 4.69) is 42.8 Å². The summed E-state index contributed by atoms with van der Waals surface area (Å²) in [6.07, 6.45) is 2.48. The molecule has 1 aromatic carbocycles. The lowest BCUT2D eigenvalue weighted by Gasteiger charge is -2.32. The highest BCUT2D eigenvalue weighted by Gasteiger charge is 2.25. The van der Waals surface area contributed by atoms with Crippen LogP contribution in [-0.4, -0.2) is 37.3 Å². The molecule has 2 aliphatic rings. The molecule has 2 aliphatic heterocycles. The van der Waals surface area contributed by atoms with E-state index in [1.54, 1.807) is 0 Å². The highest BCUT2D eigenvalue weighted by atomic mass is 127. The largest absolute Gasteiger partial charge is 0.454 e. The Labute approximate surface area is 161 Å². The minimum Gasteiger partial charge on any atom is -0.454 e. The first-order chi connectivity index (χ1) is 11.0. The van der Waals surface area contributed by atoms with Gasteiger partial charge in [0.25, 0.3) is 0 Å². The summed E-state index contributed by atoms with van der Waals surface area (Å²) in [4.78, 5) is 6.88. The van der Waals surface area contributed by atoms with Gasteiger partial charge in [-0.25, -0.2) is 0 Å². The molecule has 1 atom stereocenters. The van der Waals surface area contributed by atoms with Crippen molar-refractivity contribution in [3.63, 3.8) is 0 Å². The fourth-order valence-corrected chi connectivity index (χ4v) is 3.18. The van der Waals surface area contributed by atoms with Gasteiger partial charge in [0.2, 0.25) is 6.79 Å².